The van der Waals surface area contributed by atoms with Crippen LogP contribution in [0.15, 0.2) is 41.0 Å². The molecular formula is C18H19NO7. The van der Waals surface area contributed by atoms with Gasteiger partial charge < -0.3 is 23.9 Å². The maximum absolute atomic E-state index is 12.2. The van der Waals surface area contributed by atoms with Gasteiger partial charge in [-0.15, -0.1) is 0 Å². The molecule has 8 nitrogen and oxygen atoms in total. The maximum atomic E-state index is 12.2. The maximum Gasteiger partial charge on any atom is 0.308 e. The molecule has 0 radical (unpaired) electrons. The minimum Gasteiger partial charge on any atom is -0.497 e. The molecule has 1 amide bonds. The Bertz CT molecular complexity index is 768. The third-order valence-corrected chi connectivity index (χ3v) is 3.43. The number of carbonyl (C=O) groups excluding carboxylic acids is 3. The van der Waals surface area contributed by atoms with Crippen LogP contribution in [0.2, 0.25) is 0 Å². The Morgan fingerprint density at radius 2 is 1.92 bits per heavy atom. The summed E-state index contributed by atoms with van der Waals surface area (Å²) < 4.78 is 20.1. The Kier molecular flexibility index (Phi) is 6.78. The lowest BCUT2D eigenvalue weighted by molar-refractivity contribution is -0.142. The van der Waals surface area contributed by atoms with Crippen molar-refractivity contribution in [1.29, 1.82) is 0 Å². The standard InChI is InChI=1S/C18H19NO7/c1-23-12-5-6-13(16(10-12)24-2)14(20)11-26-17(21)7-8-19-18(22)15-4-3-9-25-15/h3-6,9-10H,7-8,11H2,1-2H3,(H,19,22). The Balaban J connectivity index is 1.78. The number of ether oxygens (including phenoxy) is 3. The number of rotatable bonds is 9. The van der Waals surface area contributed by atoms with Crippen LogP contribution in [0, 0.1) is 0 Å². The van der Waals surface area contributed by atoms with E-state index in [9.17, 15) is 14.4 Å². The van der Waals surface area contributed by atoms with Crippen molar-refractivity contribution in [3.8, 4) is 11.5 Å². The van der Waals surface area contributed by atoms with E-state index in [-0.39, 0.29) is 24.3 Å². The van der Waals surface area contributed by atoms with Gasteiger partial charge in [-0.25, -0.2) is 0 Å². The molecule has 0 spiro atoms. The second-order valence-electron chi connectivity index (χ2n) is 5.13. The Morgan fingerprint density at radius 3 is 2.58 bits per heavy atom. The fourth-order valence-corrected chi connectivity index (χ4v) is 2.10. The van der Waals surface area contributed by atoms with Crippen molar-refractivity contribution in [3.63, 3.8) is 0 Å². The lowest BCUT2D eigenvalue weighted by Crippen LogP contribution is -2.26. The van der Waals surface area contributed by atoms with Crippen molar-refractivity contribution < 1.29 is 33.0 Å². The molecule has 0 fully saturated rings. The monoisotopic (exact) mass is 361 g/mol. The summed E-state index contributed by atoms with van der Waals surface area (Å²) >= 11 is 0. The molecule has 1 heterocycles. The number of hydrogen-bond acceptors (Lipinski definition) is 7. The Hall–Kier alpha value is -3.29. The third-order valence-electron chi connectivity index (χ3n) is 3.43. The van der Waals surface area contributed by atoms with E-state index in [1.165, 1.54) is 32.6 Å². The first-order chi connectivity index (χ1) is 12.5. The molecule has 0 bridgehead atoms. The summed E-state index contributed by atoms with van der Waals surface area (Å²) in [5.74, 6) is -0.413. The molecule has 0 atom stereocenters. The van der Waals surface area contributed by atoms with Crippen molar-refractivity contribution in [2.75, 3.05) is 27.4 Å². The molecule has 2 rings (SSSR count). The van der Waals surface area contributed by atoms with Gasteiger partial charge in [0.2, 0.25) is 5.78 Å². The Morgan fingerprint density at radius 1 is 1.12 bits per heavy atom. The van der Waals surface area contributed by atoms with Crippen LogP contribution in [0.3, 0.4) is 0 Å². The molecule has 0 unspecified atom stereocenters. The van der Waals surface area contributed by atoms with Crippen molar-refractivity contribution >= 4 is 17.7 Å². The van der Waals surface area contributed by atoms with Crippen LogP contribution in [-0.2, 0) is 9.53 Å². The van der Waals surface area contributed by atoms with E-state index in [1.54, 1.807) is 18.2 Å². The number of esters is 1. The third kappa shape index (κ3) is 5.10. The second-order valence-corrected chi connectivity index (χ2v) is 5.13. The zero-order chi connectivity index (χ0) is 18.9. The molecule has 26 heavy (non-hydrogen) atoms. The van der Waals surface area contributed by atoms with Crippen LogP contribution in [0.1, 0.15) is 27.3 Å². The summed E-state index contributed by atoms with van der Waals surface area (Å²) in [7, 11) is 2.93. The van der Waals surface area contributed by atoms with E-state index >= 15 is 0 Å². The normalized spacial score (nSPS) is 10.1. The molecule has 0 aliphatic rings. The summed E-state index contributed by atoms with van der Waals surface area (Å²) in [6.45, 7) is -0.355. The first-order valence-electron chi connectivity index (χ1n) is 7.77. The first kappa shape index (κ1) is 19.0. The zero-order valence-corrected chi connectivity index (χ0v) is 14.4. The number of carbonyl (C=O) groups is 3. The van der Waals surface area contributed by atoms with E-state index in [0.717, 1.165) is 0 Å². The highest BCUT2D eigenvalue weighted by atomic mass is 16.5. The molecule has 0 aliphatic heterocycles. The van der Waals surface area contributed by atoms with Gasteiger partial charge in [0.15, 0.2) is 12.4 Å². The number of nitrogens with one attached hydrogen (secondary N) is 1. The van der Waals surface area contributed by atoms with Crippen LogP contribution in [0.4, 0.5) is 0 Å². The number of ketones is 1. The van der Waals surface area contributed by atoms with Gasteiger partial charge in [-0.05, 0) is 24.3 Å². The number of hydrogen-bond donors (Lipinski definition) is 1. The van der Waals surface area contributed by atoms with E-state index in [0.29, 0.717) is 11.5 Å². The SMILES string of the molecule is COc1ccc(C(=O)COC(=O)CCNC(=O)c2ccco2)c(OC)c1. The van der Waals surface area contributed by atoms with E-state index in [1.807, 2.05) is 0 Å². The predicted molar refractivity (Wildman–Crippen MR) is 90.5 cm³/mol. The zero-order valence-electron chi connectivity index (χ0n) is 14.4. The number of benzene rings is 1. The fourth-order valence-electron chi connectivity index (χ4n) is 2.10. The summed E-state index contributed by atoms with van der Waals surface area (Å²) in [5.41, 5.74) is 0.284. The largest absolute Gasteiger partial charge is 0.497 e. The lowest BCUT2D eigenvalue weighted by Gasteiger charge is -2.10. The highest BCUT2D eigenvalue weighted by Crippen LogP contribution is 2.24. The van der Waals surface area contributed by atoms with Crippen molar-refractivity contribution in [1.82, 2.24) is 5.32 Å². The molecule has 2 aromatic rings. The second kappa shape index (κ2) is 9.26. The van der Waals surface area contributed by atoms with Gasteiger partial charge in [-0.1, -0.05) is 0 Å². The van der Waals surface area contributed by atoms with Crippen LogP contribution >= 0.6 is 0 Å². The summed E-state index contributed by atoms with van der Waals surface area (Å²) in [6, 6.07) is 7.81. The molecular weight excluding hydrogens is 342 g/mol. The molecule has 8 heteroatoms. The summed E-state index contributed by atoms with van der Waals surface area (Å²) in [4.78, 5) is 35.5. The average Bonchev–Trinajstić information content (AvgIpc) is 3.20. The highest BCUT2D eigenvalue weighted by molar-refractivity contribution is 6.00. The topological polar surface area (TPSA) is 104 Å². The van der Waals surface area contributed by atoms with Gasteiger partial charge in [-0.3, -0.25) is 14.4 Å². The molecule has 0 saturated carbocycles. The lowest BCUT2D eigenvalue weighted by atomic mass is 10.1. The number of methoxy groups -OCH3 is 2. The minimum absolute atomic E-state index is 0.0679. The minimum atomic E-state index is -0.606. The predicted octanol–water partition coefficient (Wildman–Crippen LogP) is 1.84. The number of amides is 1. The molecule has 0 aliphatic carbocycles. The van der Waals surface area contributed by atoms with Crippen LogP contribution in [-0.4, -0.2) is 45.0 Å². The quantitative estimate of drug-likeness (QED) is 0.537. The van der Waals surface area contributed by atoms with E-state index < -0.39 is 24.3 Å². The molecule has 1 aromatic carbocycles. The molecule has 1 N–H and O–H groups in total. The highest BCUT2D eigenvalue weighted by Gasteiger charge is 2.16. The first-order valence-corrected chi connectivity index (χ1v) is 7.77. The summed E-state index contributed by atoms with van der Waals surface area (Å²) in [6.07, 6.45) is 1.31. The average molecular weight is 361 g/mol. The van der Waals surface area contributed by atoms with Gasteiger partial charge in [0.1, 0.15) is 11.5 Å². The Labute approximate surface area is 150 Å². The van der Waals surface area contributed by atoms with Crippen molar-refractivity contribution in [3.05, 3.63) is 47.9 Å². The van der Waals surface area contributed by atoms with Gasteiger partial charge in [0.05, 0.1) is 32.5 Å². The smallest absolute Gasteiger partial charge is 0.308 e. The van der Waals surface area contributed by atoms with Gasteiger partial charge in [0.25, 0.3) is 5.91 Å². The van der Waals surface area contributed by atoms with E-state index in [4.69, 9.17) is 18.6 Å². The van der Waals surface area contributed by atoms with E-state index in [2.05, 4.69) is 5.32 Å². The fraction of sp³-hybridized carbons (Fsp3) is 0.278. The molecule has 0 saturated heterocycles. The van der Waals surface area contributed by atoms with Crippen LogP contribution in [0.25, 0.3) is 0 Å². The van der Waals surface area contributed by atoms with Crippen LogP contribution < -0.4 is 14.8 Å². The van der Waals surface area contributed by atoms with Gasteiger partial charge >= 0.3 is 5.97 Å². The number of furan rings is 1. The van der Waals surface area contributed by atoms with Gasteiger partial charge in [0, 0.05) is 12.6 Å². The van der Waals surface area contributed by atoms with Crippen molar-refractivity contribution in [2.45, 2.75) is 6.42 Å². The summed E-state index contributed by atoms with van der Waals surface area (Å²) in [5, 5.41) is 2.51. The number of Topliss-reactive ketones (excluding diaryl/α,β-unsaturated/α-hetero) is 1. The molecule has 138 valence electrons. The molecule has 1 aromatic heterocycles. The van der Waals surface area contributed by atoms with Gasteiger partial charge in [-0.2, -0.15) is 0 Å². The van der Waals surface area contributed by atoms with Crippen LogP contribution in [0.5, 0.6) is 11.5 Å². The van der Waals surface area contributed by atoms with Crippen molar-refractivity contribution in [2.24, 2.45) is 0 Å².